The lowest BCUT2D eigenvalue weighted by Crippen LogP contribution is -2.21. The van der Waals surface area contributed by atoms with Gasteiger partial charge in [-0.3, -0.25) is 0 Å². The third kappa shape index (κ3) is 2.95. The maximum atomic E-state index is 11.6. The molecule has 0 bridgehead atoms. The van der Waals surface area contributed by atoms with Crippen LogP contribution in [0.2, 0.25) is 0 Å². The van der Waals surface area contributed by atoms with Crippen molar-refractivity contribution in [3.05, 3.63) is 70.6 Å². The average molecular weight is 349 g/mol. The molecule has 0 aliphatic carbocycles. The van der Waals surface area contributed by atoms with Gasteiger partial charge in [-0.1, -0.05) is 18.2 Å². The number of anilines is 1. The van der Waals surface area contributed by atoms with Crippen LogP contribution in [0.4, 0.5) is 5.69 Å². The Morgan fingerprint density at radius 1 is 1.23 bits per heavy atom. The zero-order chi connectivity index (χ0) is 18.8. The number of nitriles is 1. The SMILES string of the molecule is COC(=O)c1ccc([C@@H]2C(C#N)=C(N)Oc3cc(N(C)C)ccc32)cc1. The monoisotopic (exact) mass is 349 g/mol. The van der Waals surface area contributed by atoms with Gasteiger partial charge in [-0.2, -0.15) is 5.26 Å². The number of hydrogen-bond donors (Lipinski definition) is 1. The van der Waals surface area contributed by atoms with Crippen LogP contribution in [0.5, 0.6) is 5.75 Å². The Balaban J connectivity index is 2.10. The van der Waals surface area contributed by atoms with E-state index in [4.69, 9.17) is 15.2 Å². The Bertz CT molecular complexity index is 924. The molecule has 0 saturated carbocycles. The molecule has 1 aliphatic heterocycles. The molecule has 132 valence electrons. The minimum absolute atomic E-state index is 0.0953. The van der Waals surface area contributed by atoms with Crippen LogP contribution >= 0.6 is 0 Å². The van der Waals surface area contributed by atoms with E-state index in [1.165, 1.54) is 7.11 Å². The smallest absolute Gasteiger partial charge is 0.337 e. The number of fused-ring (bicyclic) bond motifs is 1. The van der Waals surface area contributed by atoms with Gasteiger partial charge in [-0.25, -0.2) is 4.79 Å². The maximum absolute atomic E-state index is 11.6. The summed E-state index contributed by atoms with van der Waals surface area (Å²) in [6.45, 7) is 0. The molecule has 0 spiro atoms. The number of rotatable bonds is 3. The zero-order valence-electron chi connectivity index (χ0n) is 14.8. The van der Waals surface area contributed by atoms with E-state index in [0.717, 1.165) is 16.8 Å². The van der Waals surface area contributed by atoms with Crippen molar-refractivity contribution in [1.29, 1.82) is 5.26 Å². The highest BCUT2D eigenvalue weighted by atomic mass is 16.5. The van der Waals surface area contributed by atoms with E-state index in [1.807, 2.05) is 37.2 Å². The second-order valence-corrected chi connectivity index (χ2v) is 6.15. The molecule has 3 rings (SSSR count). The maximum Gasteiger partial charge on any atom is 0.337 e. The van der Waals surface area contributed by atoms with Crippen LogP contribution < -0.4 is 15.4 Å². The van der Waals surface area contributed by atoms with Crippen LogP contribution in [0.25, 0.3) is 0 Å². The predicted molar refractivity (Wildman–Crippen MR) is 97.8 cm³/mol. The molecule has 2 N–H and O–H groups in total. The Morgan fingerprint density at radius 3 is 2.50 bits per heavy atom. The topological polar surface area (TPSA) is 88.6 Å². The summed E-state index contributed by atoms with van der Waals surface area (Å²) in [7, 11) is 5.21. The second kappa shape index (κ2) is 6.81. The average Bonchev–Trinajstić information content (AvgIpc) is 2.65. The molecule has 0 radical (unpaired) electrons. The quantitative estimate of drug-likeness (QED) is 0.857. The highest BCUT2D eigenvalue weighted by Gasteiger charge is 2.31. The third-order valence-corrected chi connectivity index (χ3v) is 4.38. The van der Waals surface area contributed by atoms with Crippen molar-refractivity contribution in [2.45, 2.75) is 5.92 Å². The lowest BCUT2D eigenvalue weighted by Gasteiger charge is -2.27. The van der Waals surface area contributed by atoms with Gasteiger partial charge < -0.3 is 20.1 Å². The van der Waals surface area contributed by atoms with Gasteiger partial charge in [0.15, 0.2) is 0 Å². The Hall–Kier alpha value is -3.46. The fourth-order valence-electron chi connectivity index (χ4n) is 2.99. The first kappa shape index (κ1) is 17.4. The second-order valence-electron chi connectivity index (χ2n) is 6.15. The summed E-state index contributed by atoms with van der Waals surface area (Å²) in [5.74, 6) is -0.0468. The van der Waals surface area contributed by atoms with E-state index in [-0.39, 0.29) is 11.8 Å². The van der Waals surface area contributed by atoms with Gasteiger partial charge in [0.25, 0.3) is 0 Å². The first-order chi connectivity index (χ1) is 12.5. The Labute approximate surface area is 152 Å². The number of nitrogens with zero attached hydrogens (tertiary/aromatic N) is 2. The van der Waals surface area contributed by atoms with Crippen LogP contribution in [-0.2, 0) is 4.74 Å². The minimum atomic E-state index is -0.407. The molecule has 0 fully saturated rings. The molecule has 1 aliphatic rings. The van der Waals surface area contributed by atoms with Crippen LogP contribution in [0, 0.1) is 11.3 Å². The van der Waals surface area contributed by atoms with Crippen LogP contribution in [0.1, 0.15) is 27.4 Å². The number of ether oxygens (including phenoxy) is 2. The zero-order valence-corrected chi connectivity index (χ0v) is 14.8. The van der Waals surface area contributed by atoms with Gasteiger partial charge in [0.2, 0.25) is 5.88 Å². The summed E-state index contributed by atoms with van der Waals surface area (Å²) in [4.78, 5) is 13.6. The molecule has 26 heavy (non-hydrogen) atoms. The fraction of sp³-hybridized carbons (Fsp3) is 0.200. The molecule has 0 saturated heterocycles. The Kier molecular flexibility index (Phi) is 4.55. The van der Waals surface area contributed by atoms with Gasteiger partial charge in [0.1, 0.15) is 17.4 Å². The lowest BCUT2D eigenvalue weighted by atomic mass is 9.83. The van der Waals surface area contributed by atoms with Crippen LogP contribution in [0.3, 0.4) is 0 Å². The van der Waals surface area contributed by atoms with Crippen molar-refractivity contribution in [3.8, 4) is 11.8 Å². The summed E-state index contributed by atoms with van der Waals surface area (Å²) in [6, 6.07) is 14.9. The lowest BCUT2D eigenvalue weighted by molar-refractivity contribution is 0.0600. The standard InChI is InChI=1S/C20H19N3O3/c1-23(2)14-8-9-15-17(10-14)26-19(22)16(11-21)18(15)12-4-6-13(7-5-12)20(24)25-3/h4-10,18H,22H2,1-3H3/t18-/m0/s1. The van der Waals surface area contributed by atoms with Crippen molar-refractivity contribution in [3.63, 3.8) is 0 Å². The first-order valence-electron chi connectivity index (χ1n) is 8.03. The predicted octanol–water partition coefficient (Wildman–Crippen LogP) is 2.76. The molecular weight excluding hydrogens is 330 g/mol. The molecule has 2 aromatic rings. The van der Waals surface area contributed by atoms with Crippen LogP contribution in [0.15, 0.2) is 53.9 Å². The van der Waals surface area contributed by atoms with E-state index < -0.39 is 5.97 Å². The van der Waals surface area contributed by atoms with Gasteiger partial charge in [0, 0.05) is 31.4 Å². The molecule has 6 heteroatoms. The van der Waals surface area contributed by atoms with Gasteiger partial charge >= 0.3 is 5.97 Å². The number of carbonyl (C=O) groups excluding carboxylic acids is 1. The van der Waals surface area contributed by atoms with Gasteiger partial charge in [0.05, 0.1) is 18.6 Å². The molecule has 1 heterocycles. The number of esters is 1. The summed E-state index contributed by atoms with van der Waals surface area (Å²) in [6.07, 6.45) is 0. The largest absolute Gasteiger partial charge is 0.465 e. The van der Waals surface area contributed by atoms with Crippen molar-refractivity contribution in [1.82, 2.24) is 0 Å². The number of allylic oxidation sites excluding steroid dienone is 1. The molecule has 1 atom stereocenters. The van der Waals surface area contributed by atoms with E-state index in [9.17, 15) is 10.1 Å². The van der Waals surface area contributed by atoms with Crippen molar-refractivity contribution in [2.24, 2.45) is 5.73 Å². The highest BCUT2D eigenvalue weighted by Crippen LogP contribution is 2.43. The fourth-order valence-corrected chi connectivity index (χ4v) is 2.99. The van der Waals surface area contributed by atoms with Crippen molar-refractivity contribution < 1.29 is 14.3 Å². The number of nitrogens with two attached hydrogens (primary N) is 1. The number of carbonyl (C=O) groups is 1. The van der Waals surface area contributed by atoms with Gasteiger partial charge in [-0.05, 0) is 23.8 Å². The van der Waals surface area contributed by atoms with Crippen molar-refractivity contribution in [2.75, 3.05) is 26.1 Å². The van der Waals surface area contributed by atoms with E-state index in [0.29, 0.717) is 16.9 Å². The molecular formula is C20H19N3O3. The third-order valence-electron chi connectivity index (χ3n) is 4.38. The highest BCUT2D eigenvalue weighted by molar-refractivity contribution is 5.89. The summed E-state index contributed by atoms with van der Waals surface area (Å²) >= 11 is 0. The summed E-state index contributed by atoms with van der Waals surface area (Å²) in [5.41, 5.74) is 9.47. The van der Waals surface area contributed by atoms with E-state index >= 15 is 0 Å². The molecule has 2 aromatic carbocycles. The molecule has 0 aromatic heterocycles. The normalized spacial score (nSPS) is 15.5. The molecule has 0 unspecified atom stereocenters. The van der Waals surface area contributed by atoms with Crippen molar-refractivity contribution >= 4 is 11.7 Å². The summed E-state index contributed by atoms with van der Waals surface area (Å²) in [5, 5.41) is 9.59. The van der Waals surface area contributed by atoms with E-state index in [1.54, 1.807) is 24.3 Å². The van der Waals surface area contributed by atoms with Gasteiger partial charge in [-0.15, -0.1) is 0 Å². The Morgan fingerprint density at radius 2 is 1.92 bits per heavy atom. The molecule has 6 nitrogen and oxygen atoms in total. The minimum Gasteiger partial charge on any atom is -0.465 e. The van der Waals surface area contributed by atoms with E-state index in [2.05, 4.69) is 6.07 Å². The number of hydrogen-bond acceptors (Lipinski definition) is 6. The number of benzene rings is 2. The van der Waals surface area contributed by atoms with Crippen LogP contribution in [-0.4, -0.2) is 27.2 Å². The number of methoxy groups -OCH3 is 1. The summed E-state index contributed by atoms with van der Waals surface area (Å²) < 4.78 is 10.4. The molecule has 0 amide bonds. The first-order valence-corrected chi connectivity index (χ1v) is 8.03.